The fraction of sp³-hybridized carbons (Fsp3) is 0.368. The van der Waals surface area contributed by atoms with E-state index in [0.717, 1.165) is 11.1 Å². The molecule has 4 rings (SSSR count). The van der Waals surface area contributed by atoms with E-state index in [9.17, 15) is 5.11 Å². The maximum Gasteiger partial charge on any atom is 0.130 e. The summed E-state index contributed by atoms with van der Waals surface area (Å²) in [5.41, 5.74) is 1.03. The molecule has 2 N–H and O–H groups in total. The highest BCUT2D eigenvalue weighted by atomic mass is 16.3. The van der Waals surface area contributed by atoms with Crippen LogP contribution in [0.1, 0.15) is 30.4 Å². The third kappa shape index (κ3) is 2.02. The molecule has 1 heterocycles. The molecule has 2 bridgehead atoms. The lowest BCUT2D eigenvalue weighted by Gasteiger charge is -2.40. The molecule has 0 spiro atoms. The molecule has 2 heteroatoms. The third-order valence-electron chi connectivity index (χ3n) is 5.24. The van der Waals surface area contributed by atoms with E-state index < -0.39 is 5.60 Å². The first-order chi connectivity index (χ1) is 10.3. The highest BCUT2D eigenvalue weighted by molar-refractivity contribution is 5.39. The van der Waals surface area contributed by atoms with Crippen LogP contribution in [0.3, 0.4) is 0 Å². The van der Waals surface area contributed by atoms with E-state index in [0.29, 0.717) is 12.0 Å². The number of piperidine rings is 1. The zero-order valence-electron chi connectivity index (χ0n) is 12.1. The summed E-state index contributed by atoms with van der Waals surface area (Å²) in [7, 11) is 0. The summed E-state index contributed by atoms with van der Waals surface area (Å²) in [6.45, 7) is 0. The minimum Gasteiger partial charge on any atom is -0.379 e. The Morgan fingerprint density at radius 2 is 1.43 bits per heavy atom. The largest absolute Gasteiger partial charge is 0.379 e. The van der Waals surface area contributed by atoms with Gasteiger partial charge in [0.2, 0.25) is 0 Å². The fourth-order valence-electron chi connectivity index (χ4n) is 4.23. The van der Waals surface area contributed by atoms with Crippen LogP contribution in [-0.4, -0.2) is 17.2 Å². The van der Waals surface area contributed by atoms with Crippen LogP contribution in [0.25, 0.3) is 0 Å². The van der Waals surface area contributed by atoms with Crippen molar-refractivity contribution in [2.24, 2.45) is 5.92 Å². The molecule has 1 saturated carbocycles. The molecule has 108 valence electrons. The average molecular weight is 279 g/mol. The van der Waals surface area contributed by atoms with E-state index in [2.05, 4.69) is 5.32 Å². The summed E-state index contributed by atoms with van der Waals surface area (Å²) in [6, 6.07) is 20.9. The van der Waals surface area contributed by atoms with E-state index in [1.165, 1.54) is 19.3 Å². The summed E-state index contributed by atoms with van der Waals surface area (Å²) in [6.07, 6.45) is 3.68. The second kappa shape index (κ2) is 4.97. The van der Waals surface area contributed by atoms with Gasteiger partial charge in [0, 0.05) is 12.1 Å². The molecule has 21 heavy (non-hydrogen) atoms. The number of nitrogens with one attached hydrogen (secondary N) is 1. The minimum atomic E-state index is -0.942. The van der Waals surface area contributed by atoms with Crippen LogP contribution < -0.4 is 5.32 Å². The molecule has 3 unspecified atom stereocenters. The van der Waals surface area contributed by atoms with Crippen molar-refractivity contribution in [1.29, 1.82) is 0 Å². The summed E-state index contributed by atoms with van der Waals surface area (Å²) in [4.78, 5) is 0. The first-order valence-corrected chi connectivity index (χ1v) is 7.88. The lowest BCUT2D eigenvalue weighted by Crippen LogP contribution is -2.52. The molecule has 1 aliphatic heterocycles. The monoisotopic (exact) mass is 279 g/mol. The van der Waals surface area contributed by atoms with Crippen molar-refractivity contribution in [2.45, 2.75) is 36.9 Å². The molecular formula is C19H21NO. The Hall–Kier alpha value is -1.64. The molecule has 0 amide bonds. The smallest absolute Gasteiger partial charge is 0.130 e. The number of fused-ring (bicyclic) bond motifs is 2. The first-order valence-electron chi connectivity index (χ1n) is 7.88. The molecule has 0 aromatic heterocycles. The first kappa shape index (κ1) is 13.1. The van der Waals surface area contributed by atoms with Crippen molar-refractivity contribution in [2.75, 3.05) is 0 Å². The Morgan fingerprint density at radius 1 is 0.857 bits per heavy atom. The summed E-state index contributed by atoms with van der Waals surface area (Å²) in [5, 5.41) is 15.4. The highest BCUT2D eigenvalue weighted by Gasteiger charge is 2.51. The van der Waals surface area contributed by atoms with Crippen LogP contribution >= 0.6 is 0 Å². The van der Waals surface area contributed by atoms with Crippen LogP contribution in [0.15, 0.2) is 60.7 Å². The highest BCUT2D eigenvalue weighted by Crippen LogP contribution is 2.45. The van der Waals surface area contributed by atoms with Crippen molar-refractivity contribution >= 4 is 0 Å². The van der Waals surface area contributed by atoms with Gasteiger partial charge in [-0.05, 0) is 36.3 Å². The summed E-state index contributed by atoms with van der Waals surface area (Å²) in [5.74, 6) is 0.570. The molecule has 1 aliphatic carbocycles. The van der Waals surface area contributed by atoms with Crippen molar-refractivity contribution < 1.29 is 5.11 Å². The van der Waals surface area contributed by atoms with Crippen LogP contribution in [0, 0.1) is 5.92 Å². The second-order valence-corrected chi connectivity index (χ2v) is 6.41. The molecule has 0 radical (unpaired) electrons. The van der Waals surface area contributed by atoms with Gasteiger partial charge in [-0.3, -0.25) is 0 Å². The third-order valence-corrected chi connectivity index (χ3v) is 5.24. The van der Waals surface area contributed by atoms with Gasteiger partial charge < -0.3 is 10.4 Å². The number of aliphatic hydroxyl groups is 1. The Morgan fingerprint density at radius 3 is 1.86 bits per heavy atom. The molecule has 3 atom stereocenters. The van der Waals surface area contributed by atoms with Crippen molar-refractivity contribution in [3.8, 4) is 0 Å². The number of benzene rings is 2. The number of hydrogen-bond donors (Lipinski definition) is 2. The van der Waals surface area contributed by atoms with Crippen LogP contribution in [0.5, 0.6) is 0 Å². The van der Waals surface area contributed by atoms with Crippen LogP contribution in [-0.2, 0) is 5.60 Å². The van der Waals surface area contributed by atoms with Gasteiger partial charge in [-0.15, -0.1) is 0 Å². The fourth-order valence-corrected chi connectivity index (χ4v) is 4.23. The van der Waals surface area contributed by atoms with E-state index in [1.807, 2.05) is 60.7 Å². The molecule has 2 nitrogen and oxygen atoms in total. The predicted octanol–water partition coefficient (Wildman–Crippen LogP) is 3.06. The average Bonchev–Trinajstić information content (AvgIpc) is 3.19. The quantitative estimate of drug-likeness (QED) is 0.905. The minimum absolute atomic E-state index is 0.112. The lowest BCUT2D eigenvalue weighted by molar-refractivity contribution is 0.0202. The predicted molar refractivity (Wildman–Crippen MR) is 83.9 cm³/mol. The molecular weight excluding hydrogens is 258 g/mol. The normalized spacial score (nSPS) is 28.0. The maximum absolute atomic E-state index is 11.7. The maximum atomic E-state index is 11.7. The summed E-state index contributed by atoms with van der Waals surface area (Å²) < 4.78 is 0. The van der Waals surface area contributed by atoms with E-state index in [1.54, 1.807) is 0 Å². The Bertz CT molecular complexity index is 570. The van der Waals surface area contributed by atoms with Gasteiger partial charge in [-0.1, -0.05) is 60.7 Å². The van der Waals surface area contributed by atoms with Gasteiger partial charge in [0.05, 0.1) is 0 Å². The molecule has 2 aromatic carbocycles. The standard InChI is InChI=1S/C19H21NO/c21-19(15-7-3-1-4-8-15,16-9-5-2-6-10-16)18-14-11-12-17(13-14)20-18/h1-10,14,17-18,20-21H,11-13H2. The zero-order valence-corrected chi connectivity index (χ0v) is 12.1. The Balaban J connectivity index is 1.83. The van der Waals surface area contributed by atoms with Gasteiger partial charge in [-0.2, -0.15) is 0 Å². The van der Waals surface area contributed by atoms with Crippen molar-refractivity contribution in [3.63, 3.8) is 0 Å². The molecule has 2 aromatic rings. The van der Waals surface area contributed by atoms with Gasteiger partial charge in [0.15, 0.2) is 0 Å². The second-order valence-electron chi connectivity index (χ2n) is 6.41. The number of rotatable bonds is 3. The van der Waals surface area contributed by atoms with Gasteiger partial charge in [-0.25, -0.2) is 0 Å². The molecule has 1 saturated heterocycles. The van der Waals surface area contributed by atoms with Crippen LogP contribution in [0.4, 0.5) is 0 Å². The van der Waals surface area contributed by atoms with Crippen molar-refractivity contribution in [1.82, 2.24) is 5.32 Å². The zero-order chi connectivity index (χ0) is 14.3. The van der Waals surface area contributed by atoms with Gasteiger partial charge >= 0.3 is 0 Å². The topological polar surface area (TPSA) is 32.3 Å². The van der Waals surface area contributed by atoms with Gasteiger partial charge in [0.25, 0.3) is 0 Å². The Labute approximate surface area is 125 Å². The van der Waals surface area contributed by atoms with E-state index >= 15 is 0 Å². The molecule has 2 fully saturated rings. The van der Waals surface area contributed by atoms with E-state index in [4.69, 9.17) is 0 Å². The Kier molecular flexibility index (Phi) is 3.09. The van der Waals surface area contributed by atoms with Crippen LogP contribution in [0.2, 0.25) is 0 Å². The summed E-state index contributed by atoms with van der Waals surface area (Å²) >= 11 is 0. The van der Waals surface area contributed by atoms with E-state index in [-0.39, 0.29) is 6.04 Å². The SMILES string of the molecule is OC(c1ccccc1)(c1ccccc1)C1NC2CCC1C2. The van der Waals surface area contributed by atoms with Gasteiger partial charge in [0.1, 0.15) is 5.60 Å². The number of hydrogen-bond acceptors (Lipinski definition) is 2. The molecule has 2 aliphatic rings. The van der Waals surface area contributed by atoms with Crippen molar-refractivity contribution in [3.05, 3.63) is 71.8 Å². The lowest BCUT2D eigenvalue weighted by atomic mass is 9.75.